The van der Waals surface area contributed by atoms with Gasteiger partial charge in [-0.2, -0.15) is 5.10 Å². The Morgan fingerprint density at radius 3 is 2.57 bits per heavy atom. The van der Waals surface area contributed by atoms with Crippen LogP contribution in [0.25, 0.3) is 10.2 Å². The van der Waals surface area contributed by atoms with Crippen molar-refractivity contribution in [1.82, 2.24) is 19.7 Å². The highest BCUT2D eigenvalue weighted by atomic mass is 35.5. The number of thiazole rings is 1. The summed E-state index contributed by atoms with van der Waals surface area (Å²) < 4.78 is 2.92. The number of rotatable bonds is 7. The van der Waals surface area contributed by atoms with E-state index in [1.165, 1.54) is 5.56 Å². The molecule has 0 unspecified atom stereocenters. The summed E-state index contributed by atoms with van der Waals surface area (Å²) in [7, 11) is 4.01. The normalized spacial score (nSPS) is 11.2. The number of likely N-dealkylation sites (N-methyl/N-ethyl adjacent to an activating group) is 1. The minimum Gasteiger partial charge on any atom is -0.308 e. The van der Waals surface area contributed by atoms with Crippen LogP contribution in [-0.2, 0) is 6.42 Å². The van der Waals surface area contributed by atoms with Crippen molar-refractivity contribution >= 4 is 45.0 Å². The lowest BCUT2D eigenvalue weighted by Crippen LogP contribution is -2.37. The fourth-order valence-electron chi connectivity index (χ4n) is 2.86. The van der Waals surface area contributed by atoms with E-state index in [1.54, 1.807) is 22.3 Å². The van der Waals surface area contributed by atoms with Gasteiger partial charge in [0.2, 0.25) is 0 Å². The average Bonchev–Trinajstić information content (AvgIpc) is 3.28. The molecule has 0 saturated heterocycles. The SMILES string of the molecule is CCc1cccc2sc(N(CCN(C)C)C(=O)c3ccn(C(C)C)n3)nc12.Cl. The van der Waals surface area contributed by atoms with E-state index in [1.807, 2.05) is 38.8 Å². The molecule has 0 fully saturated rings. The Bertz CT molecular complexity index is 934. The number of hydrogen-bond donors (Lipinski definition) is 0. The summed E-state index contributed by atoms with van der Waals surface area (Å²) in [5, 5.41) is 5.19. The van der Waals surface area contributed by atoms with Crippen molar-refractivity contribution in [2.24, 2.45) is 0 Å². The molecular formula is C20H28ClN5OS. The number of nitrogens with zero attached hydrogens (tertiary/aromatic N) is 5. The maximum absolute atomic E-state index is 13.2. The predicted molar refractivity (Wildman–Crippen MR) is 119 cm³/mol. The number of aryl methyl sites for hydroxylation is 1. The van der Waals surface area contributed by atoms with E-state index in [0.717, 1.165) is 28.3 Å². The second-order valence-electron chi connectivity index (χ2n) is 7.15. The van der Waals surface area contributed by atoms with Crippen LogP contribution in [0.1, 0.15) is 42.9 Å². The zero-order valence-corrected chi connectivity index (χ0v) is 18.7. The summed E-state index contributed by atoms with van der Waals surface area (Å²) in [6, 6.07) is 8.23. The van der Waals surface area contributed by atoms with E-state index in [-0.39, 0.29) is 24.4 Å². The van der Waals surface area contributed by atoms with Crippen LogP contribution in [0.3, 0.4) is 0 Å². The average molecular weight is 422 g/mol. The predicted octanol–water partition coefficient (Wildman–Crippen LogP) is 4.27. The number of halogens is 1. The molecule has 2 heterocycles. The molecule has 2 aromatic heterocycles. The minimum atomic E-state index is -0.103. The Labute approximate surface area is 176 Å². The molecule has 152 valence electrons. The number of amides is 1. The van der Waals surface area contributed by atoms with Gasteiger partial charge in [0.15, 0.2) is 10.8 Å². The molecule has 28 heavy (non-hydrogen) atoms. The van der Waals surface area contributed by atoms with Crippen molar-refractivity contribution < 1.29 is 4.79 Å². The van der Waals surface area contributed by atoms with E-state index in [9.17, 15) is 4.79 Å². The van der Waals surface area contributed by atoms with Gasteiger partial charge in [0.05, 0.1) is 10.2 Å². The van der Waals surface area contributed by atoms with Gasteiger partial charge in [0, 0.05) is 25.3 Å². The highest BCUT2D eigenvalue weighted by molar-refractivity contribution is 7.22. The molecule has 0 aliphatic heterocycles. The number of aromatic nitrogens is 3. The second kappa shape index (κ2) is 9.49. The first-order chi connectivity index (χ1) is 12.9. The molecule has 1 amide bonds. The van der Waals surface area contributed by atoms with E-state index < -0.39 is 0 Å². The van der Waals surface area contributed by atoms with Gasteiger partial charge in [0.25, 0.3) is 5.91 Å². The summed E-state index contributed by atoms with van der Waals surface area (Å²) in [5.41, 5.74) is 2.66. The zero-order chi connectivity index (χ0) is 19.6. The van der Waals surface area contributed by atoms with E-state index >= 15 is 0 Å². The first kappa shape index (κ1) is 22.3. The van der Waals surface area contributed by atoms with Crippen LogP contribution in [0, 0.1) is 0 Å². The molecule has 0 aliphatic carbocycles. The Morgan fingerprint density at radius 1 is 1.21 bits per heavy atom. The van der Waals surface area contributed by atoms with Crippen LogP contribution >= 0.6 is 23.7 Å². The Kier molecular flexibility index (Phi) is 7.57. The first-order valence-corrected chi connectivity index (χ1v) is 10.1. The monoisotopic (exact) mass is 421 g/mol. The molecule has 0 atom stereocenters. The van der Waals surface area contributed by atoms with Crippen LogP contribution < -0.4 is 4.90 Å². The van der Waals surface area contributed by atoms with Crippen molar-refractivity contribution in [2.45, 2.75) is 33.2 Å². The number of benzene rings is 1. The van der Waals surface area contributed by atoms with Crippen molar-refractivity contribution in [3.8, 4) is 0 Å². The standard InChI is InChI=1S/C20H27N5OS.ClH/c1-6-15-8-7-9-17-18(15)21-20(27-17)24(13-12-23(4)5)19(26)16-10-11-25(22-16)14(2)3;/h7-11,14H,6,12-13H2,1-5H3;1H. The highest BCUT2D eigenvalue weighted by Gasteiger charge is 2.24. The molecule has 0 saturated carbocycles. The van der Waals surface area contributed by atoms with Crippen LogP contribution in [0.2, 0.25) is 0 Å². The third-order valence-electron chi connectivity index (χ3n) is 4.48. The van der Waals surface area contributed by atoms with Gasteiger partial charge >= 0.3 is 0 Å². The molecule has 8 heteroatoms. The van der Waals surface area contributed by atoms with Crippen molar-refractivity contribution in [3.63, 3.8) is 0 Å². The van der Waals surface area contributed by atoms with Gasteiger partial charge < -0.3 is 4.90 Å². The largest absolute Gasteiger partial charge is 0.308 e. The summed E-state index contributed by atoms with van der Waals surface area (Å²) in [5.74, 6) is -0.103. The quantitative estimate of drug-likeness (QED) is 0.571. The van der Waals surface area contributed by atoms with Gasteiger partial charge in [-0.25, -0.2) is 4.98 Å². The maximum Gasteiger partial charge on any atom is 0.280 e. The number of carbonyl (C=O) groups excluding carboxylic acids is 1. The van der Waals surface area contributed by atoms with Crippen molar-refractivity contribution in [2.75, 3.05) is 32.1 Å². The molecule has 0 radical (unpaired) electrons. The number of hydrogen-bond acceptors (Lipinski definition) is 5. The Hall–Kier alpha value is -1.96. The first-order valence-electron chi connectivity index (χ1n) is 9.31. The summed E-state index contributed by atoms with van der Waals surface area (Å²) >= 11 is 1.56. The van der Waals surface area contributed by atoms with Gasteiger partial charge in [-0.15, -0.1) is 12.4 Å². The molecule has 3 aromatic rings. The third-order valence-corrected chi connectivity index (χ3v) is 5.52. The topological polar surface area (TPSA) is 54.3 Å². The van der Waals surface area contributed by atoms with Crippen LogP contribution in [0.15, 0.2) is 30.5 Å². The Balaban J connectivity index is 0.00000280. The van der Waals surface area contributed by atoms with Gasteiger partial charge in [-0.3, -0.25) is 14.4 Å². The lowest BCUT2D eigenvalue weighted by Gasteiger charge is -2.21. The van der Waals surface area contributed by atoms with E-state index in [2.05, 4.69) is 35.1 Å². The zero-order valence-electron chi connectivity index (χ0n) is 17.0. The lowest BCUT2D eigenvalue weighted by molar-refractivity contribution is 0.0979. The molecule has 0 aliphatic rings. The van der Waals surface area contributed by atoms with Crippen LogP contribution in [0.4, 0.5) is 5.13 Å². The fraction of sp³-hybridized carbons (Fsp3) is 0.450. The van der Waals surface area contributed by atoms with Crippen molar-refractivity contribution in [3.05, 3.63) is 41.7 Å². The molecule has 0 N–H and O–H groups in total. The number of para-hydroxylation sites is 1. The second-order valence-corrected chi connectivity index (χ2v) is 8.16. The molecule has 0 bridgehead atoms. The molecule has 3 rings (SSSR count). The van der Waals surface area contributed by atoms with Crippen LogP contribution in [0.5, 0.6) is 0 Å². The van der Waals surface area contributed by atoms with Gasteiger partial charge in [0.1, 0.15) is 0 Å². The summed E-state index contributed by atoms with van der Waals surface area (Å²) in [4.78, 5) is 21.9. The minimum absolute atomic E-state index is 0. The lowest BCUT2D eigenvalue weighted by atomic mass is 10.1. The van der Waals surface area contributed by atoms with Gasteiger partial charge in [-0.1, -0.05) is 30.4 Å². The number of anilines is 1. The summed E-state index contributed by atoms with van der Waals surface area (Å²) in [6.45, 7) is 7.55. The highest BCUT2D eigenvalue weighted by Crippen LogP contribution is 2.31. The van der Waals surface area contributed by atoms with Crippen LogP contribution in [-0.4, -0.2) is 52.8 Å². The molecule has 1 aromatic carbocycles. The third kappa shape index (κ3) is 4.71. The fourth-order valence-corrected chi connectivity index (χ4v) is 3.89. The maximum atomic E-state index is 13.2. The van der Waals surface area contributed by atoms with Gasteiger partial charge in [-0.05, 0) is 52.1 Å². The summed E-state index contributed by atoms with van der Waals surface area (Å²) in [6.07, 6.45) is 2.78. The van der Waals surface area contributed by atoms with E-state index in [4.69, 9.17) is 4.98 Å². The molecule has 6 nitrogen and oxygen atoms in total. The molecule has 0 spiro atoms. The number of carbonyl (C=O) groups is 1. The van der Waals surface area contributed by atoms with Crippen molar-refractivity contribution in [1.29, 1.82) is 0 Å². The van der Waals surface area contributed by atoms with E-state index in [0.29, 0.717) is 12.2 Å². The smallest absolute Gasteiger partial charge is 0.280 e. The number of fused-ring (bicyclic) bond motifs is 1. The Morgan fingerprint density at radius 2 is 1.96 bits per heavy atom. The molecular weight excluding hydrogens is 394 g/mol.